The lowest BCUT2D eigenvalue weighted by Gasteiger charge is -2.18. The van der Waals surface area contributed by atoms with Crippen molar-refractivity contribution in [1.82, 2.24) is 5.32 Å². The summed E-state index contributed by atoms with van der Waals surface area (Å²) in [6, 6.07) is 17.5. The molecule has 2 rings (SSSR count). The smallest absolute Gasteiger partial charge is 0.171 e. The van der Waals surface area contributed by atoms with Gasteiger partial charge in [-0.15, -0.1) is 0 Å². The zero-order valence-electron chi connectivity index (χ0n) is 13.4. The number of ether oxygens (including phenoxy) is 2. The van der Waals surface area contributed by atoms with Crippen LogP contribution in [0.3, 0.4) is 0 Å². The molecule has 5 heteroatoms. The van der Waals surface area contributed by atoms with E-state index in [0.717, 1.165) is 17.2 Å². The summed E-state index contributed by atoms with van der Waals surface area (Å²) in [5.74, 6) is 1.63. The molecule has 0 aliphatic carbocycles. The van der Waals surface area contributed by atoms with Crippen molar-refractivity contribution in [2.24, 2.45) is 0 Å². The normalized spacial score (nSPS) is 11.4. The third-order valence-electron chi connectivity index (χ3n) is 3.06. The van der Waals surface area contributed by atoms with Gasteiger partial charge in [-0.1, -0.05) is 30.3 Å². The minimum atomic E-state index is 0.0782. The van der Waals surface area contributed by atoms with Gasteiger partial charge in [-0.3, -0.25) is 0 Å². The maximum atomic E-state index is 5.71. The molecule has 2 N–H and O–H groups in total. The monoisotopic (exact) mass is 330 g/mol. The first kappa shape index (κ1) is 17.1. The van der Waals surface area contributed by atoms with Crippen LogP contribution in [-0.2, 0) is 0 Å². The number of thiocarbonyl (C=S) groups is 1. The number of hydrogen-bond acceptors (Lipinski definition) is 3. The second kappa shape index (κ2) is 9.00. The molecule has 0 heterocycles. The SMILES string of the molecule is CCOc1ccccc1NC(=S)N[C@@H](C)COc1ccccc1. The Bertz CT molecular complexity index is 619. The van der Waals surface area contributed by atoms with Crippen molar-refractivity contribution < 1.29 is 9.47 Å². The zero-order chi connectivity index (χ0) is 16.5. The van der Waals surface area contributed by atoms with Gasteiger partial charge in [-0.25, -0.2) is 0 Å². The van der Waals surface area contributed by atoms with Gasteiger partial charge < -0.3 is 20.1 Å². The number of anilines is 1. The number of hydrogen-bond donors (Lipinski definition) is 2. The van der Waals surface area contributed by atoms with Crippen LogP contribution in [0.15, 0.2) is 54.6 Å². The van der Waals surface area contributed by atoms with E-state index in [9.17, 15) is 0 Å². The maximum absolute atomic E-state index is 5.71. The van der Waals surface area contributed by atoms with Crippen LogP contribution in [0.25, 0.3) is 0 Å². The molecule has 0 saturated heterocycles. The summed E-state index contributed by atoms with van der Waals surface area (Å²) in [5.41, 5.74) is 0.850. The van der Waals surface area contributed by atoms with Gasteiger partial charge in [0.2, 0.25) is 0 Å². The Kier molecular flexibility index (Phi) is 6.69. The highest BCUT2D eigenvalue weighted by Gasteiger charge is 2.08. The molecule has 0 radical (unpaired) electrons. The van der Waals surface area contributed by atoms with Gasteiger partial charge in [0.1, 0.15) is 18.1 Å². The Morgan fingerprint density at radius 3 is 2.48 bits per heavy atom. The van der Waals surface area contributed by atoms with E-state index in [2.05, 4.69) is 10.6 Å². The molecular formula is C18H22N2O2S. The molecule has 0 aromatic heterocycles. The highest BCUT2D eigenvalue weighted by atomic mass is 32.1. The maximum Gasteiger partial charge on any atom is 0.171 e. The summed E-state index contributed by atoms with van der Waals surface area (Å²) in [6.45, 7) is 5.11. The van der Waals surface area contributed by atoms with E-state index >= 15 is 0 Å². The Balaban J connectivity index is 1.82. The Morgan fingerprint density at radius 1 is 1.04 bits per heavy atom. The molecule has 0 aliphatic heterocycles. The van der Waals surface area contributed by atoms with Gasteiger partial charge >= 0.3 is 0 Å². The molecule has 0 spiro atoms. The molecule has 0 saturated carbocycles. The molecule has 2 aromatic rings. The third kappa shape index (κ3) is 5.79. The van der Waals surface area contributed by atoms with Crippen LogP contribution < -0.4 is 20.1 Å². The van der Waals surface area contributed by atoms with Crippen molar-refractivity contribution in [2.75, 3.05) is 18.5 Å². The molecule has 2 aromatic carbocycles. The number of nitrogens with one attached hydrogen (secondary N) is 2. The Morgan fingerprint density at radius 2 is 1.74 bits per heavy atom. The van der Waals surface area contributed by atoms with Crippen molar-refractivity contribution in [3.63, 3.8) is 0 Å². The summed E-state index contributed by atoms with van der Waals surface area (Å²) in [5, 5.41) is 6.91. The predicted octanol–water partition coefficient (Wildman–Crippen LogP) is 3.84. The molecule has 1 atom stereocenters. The van der Waals surface area contributed by atoms with Crippen molar-refractivity contribution in [1.29, 1.82) is 0 Å². The molecule has 0 fully saturated rings. The standard InChI is InChI=1S/C18H22N2O2S/c1-3-21-17-12-8-7-11-16(17)20-18(23)19-14(2)13-22-15-9-5-4-6-10-15/h4-12,14H,3,13H2,1-2H3,(H2,19,20,23)/t14-/m0/s1. The van der Waals surface area contributed by atoms with Crippen molar-refractivity contribution >= 4 is 23.0 Å². The molecule has 0 aliphatic rings. The van der Waals surface area contributed by atoms with Crippen LogP contribution in [0.1, 0.15) is 13.8 Å². The molecule has 0 unspecified atom stereocenters. The lowest BCUT2D eigenvalue weighted by Crippen LogP contribution is -2.39. The van der Waals surface area contributed by atoms with Crippen LogP contribution in [0.4, 0.5) is 5.69 Å². The second-order valence-corrected chi connectivity index (χ2v) is 5.46. The summed E-state index contributed by atoms with van der Waals surface area (Å²) < 4.78 is 11.3. The lowest BCUT2D eigenvalue weighted by atomic mass is 10.3. The molecule has 23 heavy (non-hydrogen) atoms. The molecule has 0 amide bonds. The average Bonchev–Trinajstić information content (AvgIpc) is 2.56. The molecule has 4 nitrogen and oxygen atoms in total. The fraction of sp³-hybridized carbons (Fsp3) is 0.278. The summed E-state index contributed by atoms with van der Waals surface area (Å²) >= 11 is 5.35. The van der Waals surface area contributed by atoms with E-state index in [0.29, 0.717) is 18.3 Å². The van der Waals surface area contributed by atoms with Gasteiger partial charge in [-0.05, 0) is 50.3 Å². The first-order valence-electron chi connectivity index (χ1n) is 7.66. The van der Waals surface area contributed by atoms with Crippen LogP contribution in [0, 0.1) is 0 Å². The van der Waals surface area contributed by atoms with Crippen molar-refractivity contribution in [2.45, 2.75) is 19.9 Å². The average molecular weight is 330 g/mol. The minimum absolute atomic E-state index is 0.0782. The summed E-state index contributed by atoms with van der Waals surface area (Å²) in [6.07, 6.45) is 0. The minimum Gasteiger partial charge on any atom is -0.492 e. The molecule has 122 valence electrons. The second-order valence-electron chi connectivity index (χ2n) is 5.05. The van der Waals surface area contributed by atoms with E-state index < -0.39 is 0 Å². The van der Waals surface area contributed by atoms with Crippen LogP contribution in [0.5, 0.6) is 11.5 Å². The van der Waals surface area contributed by atoms with Crippen molar-refractivity contribution in [3.8, 4) is 11.5 Å². The van der Waals surface area contributed by atoms with Crippen molar-refractivity contribution in [3.05, 3.63) is 54.6 Å². The fourth-order valence-electron chi connectivity index (χ4n) is 2.01. The number of benzene rings is 2. The van der Waals surface area contributed by atoms with E-state index in [1.54, 1.807) is 0 Å². The number of rotatable bonds is 7. The van der Waals surface area contributed by atoms with Gasteiger partial charge in [-0.2, -0.15) is 0 Å². The van der Waals surface area contributed by atoms with E-state index in [4.69, 9.17) is 21.7 Å². The zero-order valence-corrected chi connectivity index (χ0v) is 14.2. The summed E-state index contributed by atoms with van der Waals surface area (Å²) in [4.78, 5) is 0. The van der Waals surface area contributed by atoms with Crippen LogP contribution in [-0.4, -0.2) is 24.4 Å². The van der Waals surface area contributed by atoms with Gasteiger partial charge in [0, 0.05) is 0 Å². The largest absolute Gasteiger partial charge is 0.492 e. The van der Waals surface area contributed by atoms with Gasteiger partial charge in [0.15, 0.2) is 5.11 Å². The lowest BCUT2D eigenvalue weighted by molar-refractivity contribution is 0.287. The quantitative estimate of drug-likeness (QED) is 0.755. The fourth-order valence-corrected chi connectivity index (χ4v) is 2.32. The summed E-state index contributed by atoms with van der Waals surface area (Å²) in [7, 11) is 0. The predicted molar refractivity (Wildman–Crippen MR) is 98.4 cm³/mol. The highest BCUT2D eigenvalue weighted by Crippen LogP contribution is 2.23. The third-order valence-corrected chi connectivity index (χ3v) is 3.28. The van der Waals surface area contributed by atoms with E-state index in [-0.39, 0.29) is 6.04 Å². The van der Waals surface area contributed by atoms with Crippen LogP contribution in [0.2, 0.25) is 0 Å². The Labute approximate surface area is 142 Å². The van der Waals surface area contributed by atoms with E-state index in [1.807, 2.05) is 68.4 Å². The topological polar surface area (TPSA) is 42.5 Å². The first-order valence-corrected chi connectivity index (χ1v) is 8.07. The van der Waals surface area contributed by atoms with E-state index in [1.165, 1.54) is 0 Å². The molecule has 0 bridgehead atoms. The first-order chi connectivity index (χ1) is 11.2. The van der Waals surface area contributed by atoms with Gasteiger partial charge in [0.05, 0.1) is 18.3 Å². The van der Waals surface area contributed by atoms with Crippen LogP contribution >= 0.6 is 12.2 Å². The Hall–Kier alpha value is -2.27. The molecular weight excluding hydrogens is 308 g/mol. The van der Waals surface area contributed by atoms with Gasteiger partial charge in [0.25, 0.3) is 0 Å². The highest BCUT2D eigenvalue weighted by molar-refractivity contribution is 7.80. The number of para-hydroxylation sites is 3.